The predicted octanol–water partition coefficient (Wildman–Crippen LogP) is 3.53. The Morgan fingerprint density at radius 2 is 2.10 bits per heavy atom. The molecule has 2 rings (SSSR count). The molecule has 0 aliphatic heterocycles. The molecule has 1 aromatic heterocycles. The summed E-state index contributed by atoms with van der Waals surface area (Å²) in [5, 5.41) is 4.45. The average molecular weight is 308 g/mol. The molecular weight excluding hydrogens is 287 g/mol. The van der Waals surface area contributed by atoms with Crippen LogP contribution in [-0.2, 0) is 4.74 Å². The highest BCUT2D eigenvalue weighted by Gasteiger charge is 2.19. The summed E-state index contributed by atoms with van der Waals surface area (Å²) in [4.78, 5) is 5.85. The van der Waals surface area contributed by atoms with Gasteiger partial charge in [0, 0.05) is 18.5 Å². The van der Waals surface area contributed by atoms with E-state index >= 15 is 0 Å². The second-order valence-corrected chi connectivity index (χ2v) is 6.32. The van der Waals surface area contributed by atoms with Gasteiger partial charge in [-0.2, -0.15) is 0 Å². The molecule has 3 nitrogen and oxygen atoms in total. The number of nitrogens with one attached hydrogen (secondary N) is 1. The van der Waals surface area contributed by atoms with Crippen LogP contribution in [0.15, 0.2) is 18.2 Å². The van der Waals surface area contributed by atoms with Crippen LogP contribution in [0.4, 0.5) is 4.39 Å². The van der Waals surface area contributed by atoms with Gasteiger partial charge in [0.05, 0.1) is 18.3 Å². The lowest BCUT2D eigenvalue weighted by Crippen LogP contribution is -2.26. The van der Waals surface area contributed by atoms with E-state index in [2.05, 4.69) is 17.2 Å². The molecule has 0 fully saturated rings. The largest absolute Gasteiger partial charge is 0.383 e. The van der Waals surface area contributed by atoms with Gasteiger partial charge in [0.2, 0.25) is 0 Å². The first-order chi connectivity index (χ1) is 10.0. The molecule has 0 amide bonds. The molecule has 0 saturated heterocycles. The lowest BCUT2D eigenvalue weighted by Gasteiger charge is -2.17. The fourth-order valence-electron chi connectivity index (χ4n) is 2.12. The highest BCUT2D eigenvalue weighted by Crippen LogP contribution is 2.28. The first-order valence-corrected chi connectivity index (χ1v) is 7.77. The van der Waals surface area contributed by atoms with Crippen LogP contribution >= 0.6 is 11.3 Å². The molecule has 0 spiro atoms. The maximum atomic E-state index is 13.5. The molecule has 0 bridgehead atoms. The first-order valence-electron chi connectivity index (χ1n) is 6.95. The van der Waals surface area contributed by atoms with Gasteiger partial charge in [-0.3, -0.25) is 0 Å². The summed E-state index contributed by atoms with van der Waals surface area (Å²) in [6.07, 6.45) is 0. The molecule has 1 heterocycles. The highest BCUT2D eigenvalue weighted by atomic mass is 32.1. The molecule has 1 N–H and O–H groups in total. The standard InChI is InChI=1S/C16H21FN2OS/c1-10-9-13(5-6-14(10)17)15(18-7-8-20-4)16-19-11(2)12(3)21-16/h5-6,9,15,18H,7-8H2,1-4H3. The van der Waals surface area contributed by atoms with Crippen molar-refractivity contribution in [2.24, 2.45) is 0 Å². The maximum absolute atomic E-state index is 13.5. The van der Waals surface area contributed by atoms with Crippen molar-refractivity contribution >= 4 is 11.3 Å². The van der Waals surface area contributed by atoms with Crippen molar-refractivity contribution in [2.75, 3.05) is 20.3 Å². The van der Waals surface area contributed by atoms with Crippen molar-refractivity contribution in [3.05, 3.63) is 50.7 Å². The van der Waals surface area contributed by atoms with E-state index < -0.39 is 0 Å². The van der Waals surface area contributed by atoms with Crippen molar-refractivity contribution in [3.63, 3.8) is 0 Å². The molecule has 0 aliphatic rings. The van der Waals surface area contributed by atoms with Crippen molar-refractivity contribution in [1.82, 2.24) is 10.3 Å². The van der Waals surface area contributed by atoms with Gasteiger partial charge < -0.3 is 10.1 Å². The molecule has 114 valence electrons. The average Bonchev–Trinajstić information content (AvgIpc) is 2.78. The minimum Gasteiger partial charge on any atom is -0.383 e. The molecule has 21 heavy (non-hydrogen) atoms. The lowest BCUT2D eigenvalue weighted by molar-refractivity contribution is 0.197. The first kappa shape index (κ1) is 16.1. The van der Waals surface area contributed by atoms with Crippen LogP contribution in [0.2, 0.25) is 0 Å². The second kappa shape index (κ2) is 7.11. The Bertz CT molecular complexity index is 593. The Balaban J connectivity index is 2.32. The number of hydrogen-bond acceptors (Lipinski definition) is 4. The number of thiazole rings is 1. The molecule has 1 unspecified atom stereocenters. The van der Waals surface area contributed by atoms with Crippen molar-refractivity contribution in [3.8, 4) is 0 Å². The van der Waals surface area contributed by atoms with Gasteiger partial charge in [-0.05, 0) is 38.0 Å². The van der Waals surface area contributed by atoms with Crippen molar-refractivity contribution in [1.29, 1.82) is 0 Å². The summed E-state index contributed by atoms with van der Waals surface area (Å²) in [7, 11) is 1.68. The van der Waals surface area contributed by atoms with Gasteiger partial charge >= 0.3 is 0 Å². The summed E-state index contributed by atoms with van der Waals surface area (Å²) in [6, 6.07) is 5.19. The minimum atomic E-state index is -0.180. The summed E-state index contributed by atoms with van der Waals surface area (Å²) in [6.45, 7) is 7.20. The van der Waals surface area contributed by atoms with Crippen LogP contribution in [0, 0.1) is 26.6 Å². The number of aromatic nitrogens is 1. The Hall–Kier alpha value is -1.30. The third-order valence-corrected chi connectivity index (χ3v) is 4.60. The number of halogens is 1. The zero-order valence-electron chi connectivity index (χ0n) is 12.9. The minimum absolute atomic E-state index is 0.0307. The van der Waals surface area contributed by atoms with Gasteiger partial charge in [0.15, 0.2) is 0 Å². The normalized spacial score (nSPS) is 12.6. The fraction of sp³-hybridized carbons (Fsp3) is 0.438. The zero-order valence-corrected chi connectivity index (χ0v) is 13.7. The van der Waals surface area contributed by atoms with E-state index in [1.807, 2.05) is 19.1 Å². The SMILES string of the molecule is COCCNC(c1ccc(F)c(C)c1)c1nc(C)c(C)s1. The van der Waals surface area contributed by atoms with Crippen LogP contribution in [0.1, 0.15) is 32.7 Å². The zero-order chi connectivity index (χ0) is 15.4. The molecule has 1 atom stereocenters. The highest BCUT2D eigenvalue weighted by molar-refractivity contribution is 7.11. The quantitative estimate of drug-likeness (QED) is 0.829. The molecule has 2 aromatic rings. The van der Waals surface area contributed by atoms with Gasteiger partial charge in [-0.15, -0.1) is 11.3 Å². The Morgan fingerprint density at radius 3 is 2.67 bits per heavy atom. The van der Waals surface area contributed by atoms with E-state index in [1.165, 1.54) is 10.9 Å². The summed E-state index contributed by atoms with van der Waals surface area (Å²) in [5.74, 6) is -0.180. The van der Waals surface area contributed by atoms with Crippen LogP contribution < -0.4 is 5.32 Å². The van der Waals surface area contributed by atoms with E-state index in [1.54, 1.807) is 25.4 Å². The van der Waals surface area contributed by atoms with Crippen molar-refractivity contribution < 1.29 is 9.13 Å². The summed E-state index contributed by atoms with van der Waals surface area (Å²) >= 11 is 1.68. The van der Waals surface area contributed by atoms with E-state index in [4.69, 9.17) is 4.74 Å². The number of aryl methyl sites for hydroxylation is 3. The number of hydrogen-bond donors (Lipinski definition) is 1. The number of rotatable bonds is 6. The summed E-state index contributed by atoms with van der Waals surface area (Å²) < 4.78 is 18.6. The number of methoxy groups -OCH3 is 1. The predicted molar refractivity (Wildman–Crippen MR) is 84.4 cm³/mol. The molecule has 1 aromatic carbocycles. The Kier molecular flexibility index (Phi) is 5.45. The molecule has 0 saturated carbocycles. The number of ether oxygens (including phenoxy) is 1. The Morgan fingerprint density at radius 1 is 1.33 bits per heavy atom. The van der Waals surface area contributed by atoms with Gasteiger partial charge in [-0.25, -0.2) is 9.37 Å². The smallest absolute Gasteiger partial charge is 0.126 e. The fourth-order valence-corrected chi connectivity index (χ4v) is 3.15. The van der Waals surface area contributed by atoms with Gasteiger partial charge in [-0.1, -0.05) is 12.1 Å². The van der Waals surface area contributed by atoms with E-state index in [9.17, 15) is 4.39 Å². The monoisotopic (exact) mass is 308 g/mol. The van der Waals surface area contributed by atoms with E-state index in [0.29, 0.717) is 12.2 Å². The van der Waals surface area contributed by atoms with E-state index in [-0.39, 0.29) is 11.9 Å². The van der Waals surface area contributed by atoms with Crippen molar-refractivity contribution in [2.45, 2.75) is 26.8 Å². The lowest BCUT2D eigenvalue weighted by atomic mass is 10.0. The second-order valence-electron chi connectivity index (χ2n) is 5.08. The summed E-state index contributed by atoms with van der Waals surface area (Å²) in [5.41, 5.74) is 2.72. The molecule has 5 heteroatoms. The third kappa shape index (κ3) is 3.87. The van der Waals surface area contributed by atoms with Crippen LogP contribution in [-0.4, -0.2) is 25.2 Å². The van der Waals surface area contributed by atoms with Crippen LogP contribution in [0.25, 0.3) is 0 Å². The molecular formula is C16H21FN2OS. The van der Waals surface area contributed by atoms with Gasteiger partial charge in [0.1, 0.15) is 10.8 Å². The van der Waals surface area contributed by atoms with Gasteiger partial charge in [0.25, 0.3) is 0 Å². The van der Waals surface area contributed by atoms with Crippen LogP contribution in [0.3, 0.4) is 0 Å². The topological polar surface area (TPSA) is 34.1 Å². The Labute approximate surface area is 129 Å². The number of nitrogens with zero attached hydrogens (tertiary/aromatic N) is 1. The van der Waals surface area contributed by atoms with E-state index in [0.717, 1.165) is 22.8 Å². The number of benzene rings is 1. The maximum Gasteiger partial charge on any atom is 0.126 e. The third-order valence-electron chi connectivity index (χ3n) is 3.46. The molecule has 0 radical (unpaired) electrons. The van der Waals surface area contributed by atoms with Crippen LogP contribution in [0.5, 0.6) is 0 Å². The molecule has 0 aliphatic carbocycles.